The van der Waals surface area contributed by atoms with Crippen molar-refractivity contribution in [2.24, 2.45) is 0 Å². The first kappa shape index (κ1) is 16.5. The van der Waals surface area contributed by atoms with Crippen LogP contribution < -0.4 is 5.32 Å². The molecule has 1 aliphatic heterocycles. The first-order valence-corrected chi connectivity index (χ1v) is 7.94. The molecule has 1 saturated heterocycles. The molecule has 0 aliphatic carbocycles. The van der Waals surface area contributed by atoms with Crippen molar-refractivity contribution in [1.82, 2.24) is 10.2 Å². The fourth-order valence-corrected chi connectivity index (χ4v) is 3.43. The summed E-state index contributed by atoms with van der Waals surface area (Å²) in [6, 6.07) is 7.49. The number of hydrogen-bond donors (Lipinski definition) is 1. The minimum atomic E-state index is -4.47. The molecular formula is C16H13F3N2O2S. The molecule has 0 unspecified atom stereocenters. The van der Waals surface area contributed by atoms with Gasteiger partial charge in [-0.2, -0.15) is 13.2 Å². The molecule has 1 aliphatic rings. The highest BCUT2D eigenvalue weighted by Crippen LogP contribution is 2.33. The van der Waals surface area contributed by atoms with Crippen molar-refractivity contribution < 1.29 is 22.8 Å². The molecule has 0 saturated carbocycles. The number of halogens is 3. The van der Waals surface area contributed by atoms with E-state index in [-0.39, 0.29) is 12.1 Å². The lowest BCUT2D eigenvalue weighted by Gasteiger charge is -2.20. The number of nitrogens with one attached hydrogen (secondary N) is 1. The number of imide groups is 1. The quantitative estimate of drug-likeness (QED) is 0.854. The number of rotatable bonds is 3. The summed E-state index contributed by atoms with van der Waals surface area (Å²) >= 11 is 1.33. The largest absolute Gasteiger partial charge is 0.416 e. The Labute approximate surface area is 139 Å². The van der Waals surface area contributed by atoms with Crippen LogP contribution in [0, 0.1) is 0 Å². The summed E-state index contributed by atoms with van der Waals surface area (Å²) in [4.78, 5) is 26.4. The van der Waals surface area contributed by atoms with E-state index in [0.717, 1.165) is 17.0 Å². The molecule has 24 heavy (non-hydrogen) atoms. The summed E-state index contributed by atoms with van der Waals surface area (Å²) in [5.74, 6) is -0.479. The van der Waals surface area contributed by atoms with Crippen molar-refractivity contribution in [1.29, 1.82) is 0 Å². The monoisotopic (exact) mass is 354 g/mol. The molecule has 1 fully saturated rings. The van der Waals surface area contributed by atoms with Gasteiger partial charge in [0, 0.05) is 4.88 Å². The third kappa shape index (κ3) is 2.77. The van der Waals surface area contributed by atoms with E-state index in [1.165, 1.54) is 23.5 Å². The van der Waals surface area contributed by atoms with Crippen molar-refractivity contribution in [3.63, 3.8) is 0 Å². The SMILES string of the molecule is C[C@@]1(c2cccs2)NC(=O)N(Cc2cccc(C(F)(F)F)c2)C1=O. The Balaban J connectivity index is 1.86. The van der Waals surface area contributed by atoms with E-state index in [1.807, 2.05) is 0 Å². The standard InChI is InChI=1S/C16H13F3N2O2S/c1-15(12-6-3-7-24-12)13(22)21(14(23)20-15)9-10-4-2-5-11(8-10)16(17,18)19/h2-8H,9H2,1H3,(H,20,23)/t15-/m0/s1. The van der Waals surface area contributed by atoms with Gasteiger partial charge in [0.05, 0.1) is 12.1 Å². The van der Waals surface area contributed by atoms with Gasteiger partial charge in [0.2, 0.25) is 0 Å². The zero-order valence-electron chi connectivity index (χ0n) is 12.6. The van der Waals surface area contributed by atoms with E-state index in [9.17, 15) is 22.8 Å². The Bertz CT molecular complexity index is 789. The topological polar surface area (TPSA) is 49.4 Å². The third-order valence-electron chi connectivity index (χ3n) is 3.88. The van der Waals surface area contributed by atoms with E-state index in [0.29, 0.717) is 4.88 Å². The van der Waals surface area contributed by atoms with Gasteiger partial charge >= 0.3 is 12.2 Å². The van der Waals surface area contributed by atoms with Crippen LogP contribution in [-0.4, -0.2) is 16.8 Å². The number of carbonyl (C=O) groups is 2. The molecule has 0 spiro atoms. The van der Waals surface area contributed by atoms with Gasteiger partial charge in [0.15, 0.2) is 5.54 Å². The molecule has 1 aromatic heterocycles. The van der Waals surface area contributed by atoms with Crippen molar-refractivity contribution in [2.75, 3.05) is 0 Å². The van der Waals surface area contributed by atoms with Crippen molar-refractivity contribution in [3.05, 3.63) is 57.8 Å². The molecular weight excluding hydrogens is 341 g/mol. The van der Waals surface area contributed by atoms with Gasteiger partial charge in [-0.1, -0.05) is 18.2 Å². The second-order valence-electron chi connectivity index (χ2n) is 5.62. The molecule has 126 valence electrons. The first-order chi connectivity index (χ1) is 11.2. The molecule has 0 radical (unpaired) electrons. The minimum Gasteiger partial charge on any atom is -0.319 e. The number of benzene rings is 1. The summed E-state index contributed by atoms with van der Waals surface area (Å²) < 4.78 is 38.4. The predicted molar refractivity (Wildman–Crippen MR) is 82.2 cm³/mol. The summed E-state index contributed by atoms with van der Waals surface area (Å²) in [5, 5.41) is 4.41. The fourth-order valence-electron chi connectivity index (χ4n) is 2.60. The van der Waals surface area contributed by atoms with Crippen molar-refractivity contribution in [3.8, 4) is 0 Å². The number of amides is 3. The minimum absolute atomic E-state index is 0.213. The number of hydrogen-bond acceptors (Lipinski definition) is 3. The molecule has 3 amide bonds. The second kappa shape index (κ2) is 5.62. The van der Waals surface area contributed by atoms with Gasteiger partial charge in [-0.25, -0.2) is 4.79 Å². The first-order valence-electron chi connectivity index (χ1n) is 7.06. The molecule has 1 atom stereocenters. The normalized spacial score (nSPS) is 21.2. The highest BCUT2D eigenvalue weighted by atomic mass is 32.1. The zero-order chi connectivity index (χ0) is 17.5. The highest BCUT2D eigenvalue weighted by molar-refractivity contribution is 7.10. The van der Waals surface area contributed by atoms with Crippen LogP contribution >= 0.6 is 11.3 Å². The van der Waals surface area contributed by atoms with E-state index >= 15 is 0 Å². The Morgan fingerprint density at radius 3 is 2.58 bits per heavy atom. The van der Waals surface area contributed by atoms with Gasteiger partial charge < -0.3 is 5.32 Å². The maximum absolute atomic E-state index is 12.8. The lowest BCUT2D eigenvalue weighted by Crippen LogP contribution is -2.40. The van der Waals surface area contributed by atoms with Crippen molar-refractivity contribution >= 4 is 23.3 Å². The average molecular weight is 354 g/mol. The molecule has 0 bridgehead atoms. The summed E-state index contributed by atoms with van der Waals surface area (Å²) in [6.07, 6.45) is -4.47. The molecule has 3 rings (SSSR count). The van der Waals surface area contributed by atoms with Crippen molar-refractivity contribution in [2.45, 2.75) is 25.2 Å². The van der Waals surface area contributed by atoms with Crippen LogP contribution in [0.2, 0.25) is 0 Å². The summed E-state index contributed by atoms with van der Waals surface area (Å²) in [7, 11) is 0. The Morgan fingerprint density at radius 1 is 1.21 bits per heavy atom. The van der Waals surface area contributed by atoms with Crippen LogP contribution in [0.25, 0.3) is 0 Å². The predicted octanol–water partition coefficient (Wildman–Crippen LogP) is 3.73. The van der Waals surface area contributed by atoms with Gasteiger partial charge in [0.25, 0.3) is 5.91 Å². The van der Waals surface area contributed by atoms with Crippen LogP contribution in [0.15, 0.2) is 41.8 Å². The summed E-state index contributed by atoms with van der Waals surface area (Å²) in [5.41, 5.74) is -1.76. The van der Waals surface area contributed by atoms with E-state index in [1.54, 1.807) is 24.4 Å². The molecule has 1 aromatic carbocycles. The molecule has 8 heteroatoms. The average Bonchev–Trinajstić information content (AvgIpc) is 3.12. The highest BCUT2D eigenvalue weighted by Gasteiger charge is 2.49. The lowest BCUT2D eigenvalue weighted by atomic mass is 10.0. The van der Waals surface area contributed by atoms with Crippen LogP contribution in [0.1, 0.15) is 22.9 Å². The molecule has 4 nitrogen and oxygen atoms in total. The third-order valence-corrected chi connectivity index (χ3v) is 4.98. The van der Waals surface area contributed by atoms with Crippen LogP contribution in [0.4, 0.5) is 18.0 Å². The summed E-state index contributed by atoms with van der Waals surface area (Å²) in [6.45, 7) is 1.38. The van der Waals surface area contributed by atoms with Gasteiger partial charge in [0.1, 0.15) is 0 Å². The number of alkyl halides is 3. The molecule has 2 aromatic rings. The maximum atomic E-state index is 12.8. The lowest BCUT2D eigenvalue weighted by molar-refractivity contribution is -0.137. The number of carbonyl (C=O) groups excluding carboxylic acids is 2. The van der Waals surface area contributed by atoms with Gasteiger partial charge in [-0.3, -0.25) is 9.69 Å². The van der Waals surface area contributed by atoms with Gasteiger partial charge in [-0.05, 0) is 36.1 Å². The number of nitrogens with zero attached hydrogens (tertiary/aromatic N) is 1. The fraction of sp³-hybridized carbons (Fsp3) is 0.250. The number of urea groups is 1. The van der Waals surface area contributed by atoms with Gasteiger partial charge in [-0.15, -0.1) is 11.3 Å². The van der Waals surface area contributed by atoms with Crippen LogP contribution in [-0.2, 0) is 23.1 Å². The Morgan fingerprint density at radius 2 is 1.96 bits per heavy atom. The second-order valence-corrected chi connectivity index (χ2v) is 6.57. The van der Waals surface area contributed by atoms with E-state index in [2.05, 4.69) is 5.32 Å². The van der Waals surface area contributed by atoms with E-state index < -0.39 is 29.2 Å². The van der Waals surface area contributed by atoms with Crippen LogP contribution in [0.5, 0.6) is 0 Å². The smallest absolute Gasteiger partial charge is 0.319 e. The van der Waals surface area contributed by atoms with E-state index in [4.69, 9.17) is 0 Å². The number of thiophene rings is 1. The molecule has 1 N–H and O–H groups in total. The Kier molecular flexibility index (Phi) is 3.87. The maximum Gasteiger partial charge on any atom is 0.416 e. The zero-order valence-corrected chi connectivity index (χ0v) is 13.4. The molecule has 2 heterocycles. The Hall–Kier alpha value is -2.35. The van der Waals surface area contributed by atoms with Crippen LogP contribution in [0.3, 0.4) is 0 Å².